The van der Waals surface area contributed by atoms with E-state index < -0.39 is 10.0 Å². The lowest BCUT2D eigenvalue weighted by Crippen LogP contribution is -2.46. The van der Waals surface area contributed by atoms with Crippen molar-refractivity contribution in [1.29, 1.82) is 0 Å². The van der Waals surface area contributed by atoms with Crippen LogP contribution in [-0.2, 0) is 14.8 Å². The van der Waals surface area contributed by atoms with Crippen molar-refractivity contribution in [3.63, 3.8) is 0 Å². The van der Waals surface area contributed by atoms with Crippen LogP contribution in [0.2, 0.25) is 0 Å². The van der Waals surface area contributed by atoms with Crippen LogP contribution in [0.15, 0.2) is 4.99 Å². The third-order valence-corrected chi connectivity index (χ3v) is 5.02. The monoisotopic (exact) mass is 246 g/mol. The Kier molecular flexibility index (Phi) is 4.65. The van der Waals surface area contributed by atoms with E-state index >= 15 is 0 Å². The molecule has 0 aromatic heterocycles. The van der Waals surface area contributed by atoms with Crippen molar-refractivity contribution in [3.8, 4) is 0 Å². The summed E-state index contributed by atoms with van der Waals surface area (Å²) in [4.78, 5) is 13.8. The molecule has 0 aromatic carbocycles. The summed E-state index contributed by atoms with van der Waals surface area (Å²) in [6, 6.07) is -0.145. The summed E-state index contributed by atoms with van der Waals surface area (Å²) in [6.45, 7) is 4.17. The summed E-state index contributed by atoms with van der Waals surface area (Å²) in [5, 5.41) is 0. The highest BCUT2D eigenvalue weighted by Crippen LogP contribution is 2.22. The molecule has 92 valence electrons. The Morgan fingerprint density at radius 2 is 2.19 bits per heavy atom. The number of nitrogens with zero attached hydrogens (tertiary/aromatic N) is 2. The van der Waals surface area contributed by atoms with E-state index in [0.29, 0.717) is 25.8 Å². The van der Waals surface area contributed by atoms with Crippen LogP contribution in [0.3, 0.4) is 0 Å². The molecule has 1 heterocycles. The minimum atomic E-state index is -3.13. The van der Waals surface area contributed by atoms with Crippen LogP contribution in [0.1, 0.15) is 33.1 Å². The first-order valence-electron chi connectivity index (χ1n) is 5.57. The second kappa shape index (κ2) is 5.57. The molecule has 0 aromatic rings. The quantitative estimate of drug-likeness (QED) is 0.547. The molecule has 0 aliphatic carbocycles. The molecule has 0 N–H and O–H groups in total. The first-order chi connectivity index (χ1) is 7.51. The zero-order chi connectivity index (χ0) is 12.2. The fourth-order valence-electron chi connectivity index (χ4n) is 2.11. The van der Waals surface area contributed by atoms with Gasteiger partial charge in [0.2, 0.25) is 16.1 Å². The lowest BCUT2D eigenvalue weighted by atomic mass is 10.0. The van der Waals surface area contributed by atoms with E-state index in [1.165, 1.54) is 4.31 Å². The maximum atomic E-state index is 11.9. The van der Waals surface area contributed by atoms with Gasteiger partial charge in [-0.2, -0.15) is 4.31 Å². The molecule has 0 bridgehead atoms. The van der Waals surface area contributed by atoms with Gasteiger partial charge in [-0.1, -0.05) is 6.92 Å². The number of carbonyl (C=O) groups excluding carboxylic acids is 1. The lowest BCUT2D eigenvalue weighted by molar-refractivity contribution is 0.248. The molecule has 2 atom stereocenters. The molecule has 16 heavy (non-hydrogen) atoms. The minimum Gasteiger partial charge on any atom is -0.212 e. The SMILES string of the molecule is CCCS(=O)(=O)N1CCC(N=C=O)CC1C. The second-order valence-corrected chi connectivity index (χ2v) is 6.22. The van der Waals surface area contributed by atoms with Gasteiger partial charge in [-0.05, 0) is 26.2 Å². The maximum Gasteiger partial charge on any atom is 0.235 e. The van der Waals surface area contributed by atoms with Gasteiger partial charge >= 0.3 is 0 Å². The Bertz CT molecular complexity index is 374. The molecule has 1 aliphatic rings. The molecule has 0 radical (unpaired) electrons. The Balaban J connectivity index is 2.70. The number of piperidine rings is 1. The molecule has 6 heteroatoms. The van der Waals surface area contributed by atoms with Crippen LogP contribution >= 0.6 is 0 Å². The van der Waals surface area contributed by atoms with Gasteiger partial charge in [-0.3, -0.25) is 0 Å². The van der Waals surface area contributed by atoms with E-state index in [1.54, 1.807) is 6.08 Å². The highest BCUT2D eigenvalue weighted by molar-refractivity contribution is 7.89. The maximum absolute atomic E-state index is 11.9. The zero-order valence-corrected chi connectivity index (χ0v) is 10.5. The average molecular weight is 246 g/mol. The van der Waals surface area contributed by atoms with Crippen molar-refractivity contribution in [3.05, 3.63) is 0 Å². The highest BCUT2D eigenvalue weighted by atomic mass is 32.2. The van der Waals surface area contributed by atoms with Crippen LogP contribution in [0.25, 0.3) is 0 Å². The van der Waals surface area contributed by atoms with Crippen LogP contribution in [-0.4, -0.2) is 43.2 Å². The van der Waals surface area contributed by atoms with Crippen LogP contribution < -0.4 is 0 Å². The first kappa shape index (κ1) is 13.4. The third-order valence-electron chi connectivity index (χ3n) is 2.84. The smallest absolute Gasteiger partial charge is 0.212 e. The molecular weight excluding hydrogens is 228 g/mol. The fraction of sp³-hybridized carbons (Fsp3) is 0.900. The highest BCUT2D eigenvalue weighted by Gasteiger charge is 2.32. The van der Waals surface area contributed by atoms with Gasteiger partial charge < -0.3 is 0 Å². The van der Waals surface area contributed by atoms with Crippen LogP contribution in [0.5, 0.6) is 0 Å². The van der Waals surface area contributed by atoms with E-state index in [0.717, 1.165) is 0 Å². The molecule has 0 spiro atoms. The summed E-state index contributed by atoms with van der Waals surface area (Å²) >= 11 is 0. The number of isocyanates is 1. The Labute approximate surface area is 96.6 Å². The van der Waals surface area contributed by atoms with Crippen molar-refractivity contribution in [1.82, 2.24) is 4.31 Å². The summed E-state index contributed by atoms with van der Waals surface area (Å²) in [6.07, 6.45) is 3.39. The summed E-state index contributed by atoms with van der Waals surface area (Å²) in [5.41, 5.74) is 0. The average Bonchev–Trinajstić information content (AvgIpc) is 2.17. The Hall–Kier alpha value is -0.710. The fourth-order valence-corrected chi connectivity index (χ4v) is 3.87. The lowest BCUT2D eigenvalue weighted by Gasteiger charge is -2.34. The second-order valence-electron chi connectivity index (χ2n) is 4.17. The largest absolute Gasteiger partial charge is 0.235 e. The van der Waals surface area contributed by atoms with Crippen molar-refractivity contribution in [2.45, 2.75) is 45.2 Å². The molecule has 1 rings (SSSR count). The van der Waals surface area contributed by atoms with Gasteiger partial charge in [0.05, 0.1) is 11.8 Å². The number of hydrogen-bond acceptors (Lipinski definition) is 4. The van der Waals surface area contributed by atoms with E-state index in [4.69, 9.17) is 0 Å². The van der Waals surface area contributed by atoms with Gasteiger partial charge in [0.25, 0.3) is 0 Å². The van der Waals surface area contributed by atoms with Gasteiger partial charge in [0.15, 0.2) is 0 Å². The molecule has 1 aliphatic heterocycles. The summed E-state index contributed by atoms with van der Waals surface area (Å²) < 4.78 is 25.3. The van der Waals surface area contributed by atoms with Crippen LogP contribution in [0, 0.1) is 0 Å². The molecule has 2 unspecified atom stereocenters. The van der Waals surface area contributed by atoms with E-state index in [-0.39, 0.29) is 17.8 Å². The van der Waals surface area contributed by atoms with Crippen molar-refractivity contribution in [2.75, 3.05) is 12.3 Å². The molecule has 1 saturated heterocycles. The number of hydrogen-bond donors (Lipinski definition) is 0. The van der Waals surface area contributed by atoms with E-state index in [2.05, 4.69) is 4.99 Å². The van der Waals surface area contributed by atoms with Gasteiger partial charge in [0, 0.05) is 12.6 Å². The standard InChI is InChI=1S/C10H18N2O3S/c1-3-6-16(14,15)12-5-4-10(11-8-13)7-9(12)2/h9-10H,3-7H2,1-2H3. The van der Waals surface area contributed by atoms with Gasteiger partial charge in [-0.15, -0.1) is 0 Å². The van der Waals surface area contributed by atoms with Crippen molar-refractivity contribution in [2.24, 2.45) is 4.99 Å². The predicted octanol–water partition coefficient (Wildman–Crippen LogP) is 0.915. The van der Waals surface area contributed by atoms with Crippen molar-refractivity contribution < 1.29 is 13.2 Å². The third kappa shape index (κ3) is 3.14. The topological polar surface area (TPSA) is 66.8 Å². The van der Waals surface area contributed by atoms with E-state index in [9.17, 15) is 13.2 Å². The van der Waals surface area contributed by atoms with Gasteiger partial charge in [-0.25, -0.2) is 18.2 Å². The Morgan fingerprint density at radius 3 is 2.69 bits per heavy atom. The zero-order valence-electron chi connectivity index (χ0n) is 9.72. The summed E-state index contributed by atoms with van der Waals surface area (Å²) in [7, 11) is -3.13. The minimum absolute atomic E-state index is 0.0689. The first-order valence-corrected chi connectivity index (χ1v) is 7.18. The Morgan fingerprint density at radius 1 is 1.50 bits per heavy atom. The van der Waals surface area contributed by atoms with Crippen LogP contribution in [0.4, 0.5) is 0 Å². The molecule has 0 amide bonds. The summed E-state index contributed by atoms with van der Waals surface area (Å²) in [5.74, 6) is 0.193. The molecule has 1 fully saturated rings. The van der Waals surface area contributed by atoms with Gasteiger partial charge in [0.1, 0.15) is 0 Å². The number of aliphatic imine (C=N–C) groups is 1. The number of sulfonamides is 1. The molecule has 0 saturated carbocycles. The normalized spacial score (nSPS) is 27.4. The number of rotatable bonds is 4. The molecular formula is C10H18N2O3S. The molecule has 5 nitrogen and oxygen atoms in total. The van der Waals surface area contributed by atoms with Crippen molar-refractivity contribution >= 4 is 16.1 Å². The predicted molar refractivity (Wildman–Crippen MR) is 61.4 cm³/mol. The van der Waals surface area contributed by atoms with E-state index in [1.807, 2.05) is 13.8 Å².